The number of benzene rings is 2. The van der Waals surface area contributed by atoms with Crippen LogP contribution >= 0.6 is 0 Å². The third kappa shape index (κ3) is 5.57. The number of amides is 1. The number of aromatic nitrogens is 1. The molecule has 0 aliphatic heterocycles. The molecule has 1 aromatic heterocycles. The Bertz CT molecular complexity index is 932. The van der Waals surface area contributed by atoms with E-state index >= 15 is 0 Å². The number of carbonyl (C=O) groups excluding carboxylic acids is 1. The van der Waals surface area contributed by atoms with Gasteiger partial charge in [-0.05, 0) is 68.3 Å². The average Bonchev–Trinajstić information content (AvgIpc) is 2.73. The van der Waals surface area contributed by atoms with Crippen LogP contribution < -0.4 is 15.5 Å². The highest BCUT2D eigenvalue weighted by molar-refractivity contribution is 5.91. The van der Waals surface area contributed by atoms with E-state index in [4.69, 9.17) is 0 Å². The monoisotopic (exact) mass is 388 g/mol. The van der Waals surface area contributed by atoms with Crippen molar-refractivity contribution in [3.63, 3.8) is 0 Å². The first-order valence-corrected chi connectivity index (χ1v) is 10.0. The Kier molecular flexibility index (Phi) is 6.85. The van der Waals surface area contributed by atoms with Gasteiger partial charge in [-0.15, -0.1) is 0 Å². The van der Waals surface area contributed by atoms with Crippen LogP contribution in [0.4, 0.5) is 22.9 Å². The molecule has 5 heteroatoms. The molecular formula is C24H28N4O. The lowest BCUT2D eigenvalue weighted by Crippen LogP contribution is -2.21. The largest absolute Gasteiger partial charge is 0.372 e. The molecule has 1 amide bonds. The Morgan fingerprint density at radius 1 is 0.931 bits per heavy atom. The van der Waals surface area contributed by atoms with Crippen molar-refractivity contribution in [3.8, 4) is 0 Å². The van der Waals surface area contributed by atoms with Gasteiger partial charge < -0.3 is 15.5 Å². The molecule has 0 saturated heterocycles. The van der Waals surface area contributed by atoms with Crippen molar-refractivity contribution < 1.29 is 4.79 Å². The highest BCUT2D eigenvalue weighted by atomic mass is 16.1. The molecule has 29 heavy (non-hydrogen) atoms. The Morgan fingerprint density at radius 2 is 1.62 bits per heavy atom. The lowest BCUT2D eigenvalue weighted by Gasteiger charge is -2.21. The fourth-order valence-corrected chi connectivity index (χ4v) is 3.22. The highest BCUT2D eigenvalue weighted by Crippen LogP contribution is 2.21. The van der Waals surface area contributed by atoms with Gasteiger partial charge in [0.25, 0.3) is 0 Å². The Labute approximate surface area is 172 Å². The Morgan fingerprint density at radius 3 is 2.24 bits per heavy atom. The van der Waals surface area contributed by atoms with Crippen LogP contribution in [0.5, 0.6) is 0 Å². The van der Waals surface area contributed by atoms with Gasteiger partial charge in [-0.1, -0.05) is 24.3 Å². The first-order valence-electron chi connectivity index (χ1n) is 10.0. The zero-order chi connectivity index (χ0) is 20.6. The molecule has 0 bridgehead atoms. The molecule has 2 aromatic carbocycles. The molecule has 1 heterocycles. The number of aryl methyl sites for hydroxylation is 1. The number of pyridine rings is 1. The van der Waals surface area contributed by atoms with Crippen molar-refractivity contribution >= 4 is 28.8 Å². The predicted octanol–water partition coefficient (Wildman–Crippen LogP) is 5.16. The minimum Gasteiger partial charge on any atom is -0.372 e. The third-order valence-corrected chi connectivity index (χ3v) is 4.93. The SMILES string of the molecule is CCN(CC)c1ccc(Nc2ccc(NC(=O)Cc3ccccc3C)nc2)cc1. The molecule has 3 rings (SSSR count). The Hall–Kier alpha value is -3.34. The molecule has 0 atom stereocenters. The van der Waals surface area contributed by atoms with E-state index < -0.39 is 0 Å². The van der Waals surface area contributed by atoms with Gasteiger partial charge in [0.2, 0.25) is 5.91 Å². The minimum atomic E-state index is -0.0699. The molecule has 0 saturated carbocycles. The van der Waals surface area contributed by atoms with Crippen LogP contribution in [0.3, 0.4) is 0 Å². The summed E-state index contributed by atoms with van der Waals surface area (Å²) in [6.45, 7) is 8.30. The Balaban J connectivity index is 1.57. The van der Waals surface area contributed by atoms with Crippen LogP contribution in [-0.2, 0) is 11.2 Å². The van der Waals surface area contributed by atoms with E-state index in [0.717, 1.165) is 35.6 Å². The maximum atomic E-state index is 12.3. The molecule has 0 spiro atoms. The van der Waals surface area contributed by atoms with Crippen LogP contribution in [0, 0.1) is 6.92 Å². The van der Waals surface area contributed by atoms with Crippen LogP contribution in [0.25, 0.3) is 0 Å². The molecule has 150 valence electrons. The number of carbonyl (C=O) groups is 1. The molecule has 0 fully saturated rings. The van der Waals surface area contributed by atoms with Crippen LogP contribution in [0.1, 0.15) is 25.0 Å². The van der Waals surface area contributed by atoms with Crippen molar-refractivity contribution in [2.24, 2.45) is 0 Å². The molecule has 0 aliphatic rings. The molecule has 3 aromatic rings. The molecule has 5 nitrogen and oxygen atoms in total. The summed E-state index contributed by atoms with van der Waals surface area (Å²) in [6, 6.07) is 20.0. The average molecular weight is 389 g/mol. The third-order valence-electron chi connectivity index (χ3n) is 4.93. The lowest BCUT2D eigenvalue weighted by atomic mass is 10.1. The van der Waals surface area contributed by atoms with Gasteiger partial charge in [-0.3, -0.25) is 4.79 Å². The molecule has 2 N–H and O–H groups in total. The number of hydrogen-bond donors (Lipinski definition) is 2. The van der Waals surface area contributed by atoms with E-state index in [9.17, 15) is 4.79 Å². The number of nitrogens with one attached hydrogen (secondary N) is 2. The van der Waals surface area contributed by atoms with Crippen molar-refractivity contribution in [1.82, 2.24) is 4.98 Å². The van der Waals surface area contributed by atoms with Gasteiger partial charge in [-0.25, -0.2) is 4.98 Å². The second-order valence-electron chi connectivity index (χ2n) is 6.93. The van der Waals surface area contributed by atoms with Gasteiger partial charge in [0, 0.05) is 24.5 Å². The second kappa shape index (κ2) is 9.73. The fourth-order valence-electron chi connectivity index (χ4n) is 3.22. The number of rotatable bonds is 8. The van der Waals surface area contributed by atoms with Crippen LogP contribution in [0.2, 0.25) is 0 Å². The van der Waals surface area contributed by atoms with E-state index in [-0.39, 0.29) is 5.91 Å². The van der Waals surface area contributed by atoms with Crippen molar-refractivity contribution in [1.29, 1.82) is 0 Å². The molecule has 0 radical (unpaired) electrons. The van der Waals surface area contributed by atoms with Crippen molar-refractivity contribution in [3.05, 3.63) is 78.0 Å². The van der Waals surface area contributed by atoms with Gasteiger partial charge >= 0.3 is 0 Å². The van der Waals surface area contributed by atoms with E-state index in [1.54, 1.807) is 6.20 Å². The van der Waals surface area contributed by atoms with Crippen molar-refractivity contribution in [2.45, 2.75) is 27.2 Å². The summed E-state index contributed by atoms with van der Waals surface area (Å²) >= 11 is 0. The lowest BCUT2D eigenvalue weighted by molar-refractivity contribution is -0.115. The van der Waals surface area contributed by atoms with E-state index in [2.05, 4.69) is 58.6 Å². The van der Waals surface area contributed by atoms with Gasteiger partial charge in [0.15, 0.2) is 0 Å². The summed E-state index contributed by atoms with van der Waals surface area (Å²) in [5.74, 6) is 0.477. The fraction of sp³-hybridized carbons (Fsp3) is 0.250. The number of nitrogens with zero attached hydrogens (tertiary/aromatic N) is 2. The van der Waals surface area contributed by atoms with Gasteiger partial charge in [-0.2, -0.15) is 0 Å². The maximum absolute atomic E-state index is 12.3. The normalized spacial score (nSPS) is 10.4. The zero-order valence-corrected chi connectivity index (χ0v) is 17.3. The summed E-state index contributed by atoms with van der Waals surface area (Å²) in [7, 11) is 0. The molecule has 0 unspecified atom stereocenters. The summed E-state index contributed by atoms with van der Waals surface area (Å²) in [5, 5.41) is 6.20. The van der Waals surface area contributed by atoms with E-state index in [0.29, 0.717) is 12.2 Å². The highest BCUT2D eigenvalue weighted by Gasteiger charge is 2.07. The zero-order valence-electron chi connectivity index (χ0n) is 17.3. The summed E-state index contributed by atoms with van der Waals surface area (Å²) in [4.78, 5) is 18.9. The van der Waals surface area contributed by atoms with Gasteiger partial charge in [0.05, 0.1) is 18.3 Å². The first kappa shape index (κ1) is 20.4. The standard InChI is InChI=1S/C24H28N4O/c1-4-28(5-2)22-13-10-20(11-14-22)26-21-12-15-23(25-17-21)27-24(29)16-19-9-7-6-8-18(19)3/h6-15,17,26H,4-5,16H2,1-3H3,(H,25,27,29). The summed E-state index contributed by atoms with van der Waals surface area (Å²) < 4.78 is 0. The van der Waals surface area contributed by atoms with Crippen molar-refractivity contribution in [2.75, 3.05) is 28.6 Å². The van der Waals surface area contributed by atoms with Crippen LogP contribution in [-0.4, -0.2) is 24.0 Å². The smallest absolute Gasteiger partial charge is 0.229 e. The molecule has 0 aliphatic carbocycles. The maximum Gasteiger partial charge on any atom is 0.229 e. The minimum absolute atomic E-state index is 0.0699. The number of anilines is 4. The van der Waals surface area contributed by atoms with E-state index in [1.165, 1.54) is 5.69 Å². The first-order chi connectivity index (χ1) is 14.1. The van der Waals surface area contributed by atoms with Gasteiger partial charge in [0.1, 0.15) is 5.82 Å². The summed E-state index contributed by atoms with van der Waals surface area (Å²) in [5.41, 5.74) is 5.22. The topological polar surface area (TPSA) is 57.3 Å². The van der Waals surface area contributed by atoms with Crippen LogP contribution in [0.15, 0.2) is 66.9 Å². The second-order valence-corrected chi connectivity index (χ2v) is 6.93. The summed E-state index contributed by atoms with van der Waals surface area (Å²) in [6.07, 6.45) is 2.06. The quantitative estimate of drug-likeness (QED) is 0.559. The van der Waals surface area contributed by atoms with E-state index in [1.807, 2.05) is 43.3 Å². The predicted molar refractivity (Wildman–Crippen MR) is 121 cm³/mol. The molecular weight excluding hydrogens is 360 g/mol. The number of hydrogen-bond acceptors (Lipinski definition) is 4.